The number of carbonyl (C=O) groups excluding carboxylic acids is 2. The van der Waals surface area contributed by atoms with E-state index in [1.807, 2.05) is 11.0 Å². The number of carbonyl (C=O) groups is 2. The van der Waals surface area contributed by atoms with Crippen molar-refractivity contribution in [3.8, 4) is 0 Å². The van der Waals surface area contributed by atoms with Gasteiger partial charge in [-0.1, -0.05) is 18.3 Å². The molecule has 9 heteroatoms. The maximum absolute atomic E-state index is 14.8. The Hall–Kier alpha value is -2.42. The van der Waals surface area contributed by atoms with Crippen molar-refractivity contribution in [2.45, 2.75) is 26.0 Å². The summed E-state index contributed by atoms with van der Waals surface area (Å²) in [6, 6.07) is 4.57. The molecule has 2 amide bonds. The molecule has 2 heterocycles. The van der Waals surface area contributed by atoms with Crippen LogP contribution < -0.4 is 15.5 Å². The fraction of sp³-hybridized carbons (Fsp3) is 0.500. The van der Waals surface area contributed by atoms with Gasteiger partial charge in [0, 0.05) is 33.1 Å². The first-order valence-electron chi connectivity index (χ1n) is 8.86. The molecule has 0 saturated carbocycles. The molecule has 2 unspecified atom stereocenters. The number of thiocarbonyl (C=S) groups is 1. The van der Waals surface area contributed by atoms with E-state index in [0.717, 1.165) is 0 Å². The van der Waals surface area contributed by atoms with Gasteiger partial charge in [0.15, 0.2) is 0 Å². The summed E-state index contributed by atoms with van der Waals surface area (Å²) in [5.41, 5.74) is 1.16. The number of ether oxygens (including phenoxy) is 1. The molecule has 0 bridgehead atoms. The predicted octanol–water partition coefficient (Wildman–Crippen LogP) is 1.58. The number of piperazine rings is 1. The molecule has 7 nitrogen and oxygen atoms in total. The topological polar surface area (TPSA) is 73.9 Å². The molecule has 2 fully saturated rings. The summed E-state index contributed by atoms with van der Waals surface area (Å²) in [4.78, 5) is 27.0. The lowest BCUT2D eigenvalue weighted by molar-refractivity contribution is -0.129. The van der Waals surface area contributed by atoms with Crippen molar-refractivity contribution in [2.24, 2.45) is 0 Å². The Morgan fingerprint density at radius 2 is 2.04 bits per heavy atom. The standard InChI is InChI=1S/C18H23FN4O3S/c1-11(27)21-17(16-10-20-18(25)26-16)13-3-4-15(14(19)9-13)23-7-5-22(6-8-23)12(2)24/h3-4,9,16-17H,5-8,10H2,1-2H3,(H,20,25)(H,21,27). The SMILES string of the molecule is CC(=O)N1CCN(c2ccc(C(NC(C)=S)C3CNC(=O)O3)cc2F)CC1. The van der Waals surface area contributed by atoms with E-state index in [0.29, 0.717) is 49.0 Å². The molecule has 3 rings (SSSR count). The van der Waals surface area contributed by atoms with Gasteiger partial charge in [-0.2, -0.15) is 0 Å². The quantitative estimate of drug-likeness (QED) is 0.756. The zero-order valence-electron chi connectivity index (χ0n) is 15.3. The highest BCUT2D eigenvalue weighted by atomic mass is 32.1. The highest BCUT2D eigenvalue weighted by molar-refractivity contribution is 7.80. The summed E-state index contributed by atoms with van der Waals surface area (Å²) in [5.74, 6) is -0.315. The lowest BCUT2D eigenvalue weighted by Gasteiger charge is -2.36. The van der Waals surface area contributed by atoms with E-state index in [4.69, 9.17) is 17.0 Å². The van der Waals surface area contributed by atoms with Crippen LogP contribution in [0.1, 0.15) is 25.5 Å². The van der Waals surface area contributed by atoms with Crippen LogP contribution in [0.5, 0.6) is 0 Å². The van der Waals surface area contributed by atoms with E-state index in [1.54, 1.807) is 24.8 Å². The number of benzene rings is 1. The molecule has 0 aliphatic carbocycles. The monoisotopic (exact) mass is 394 g/mol. The van der Waals surface area contributed by atoms with E-state index in [9.17, 15) is 14.0 Å². The lowest BCUT2D eigenvalue weighted by atomic mass is 10.00. The molecule has 27 heavy (non-hydrogen) atoms. The second-order valence-corrected chi connectivity index (χ2v) is 7.32. The van der Waals surface area contributed by atoms with Crippen molar-refractivity contribution >= 4 is 34.9 Å². The zero-order valence-corrected chi connectivity index (χ0v) is 16.1. The average molecular weight is 394 g/mol. The average Bonchev–Trinajstić information content (AvgIpc) is 3.05. The largest absolute Gasteiger partial charge is 0.442 e. The summed E-state index contributed by atoms with van der Waals surface area (Å²) >= 11 is 5.12. The van der Waals surface area contributed by atoms with Crippen molar-refractivity contribution < 1.29 is 18.7 Å². The van der Waals surface area contributed by atoms with Gasteiger partial charge in [0.25, 0.3) is 0 Å². The van der Waals surface area contributed by atoms with E-state index >= 15 is 0 Å². The van der Waals surface area contributed by atoms with Crippen molar-refractivity contribution in [3.05, 3.63) is 29.6 Å². The zero-order chi connectivity index (χ0) is 19.6. The molecule has 2 aliphatic heterocycles. The van der Waals surface area contributed by atoms with Crippen LogP contribution in [-0.4, -0.2) is 60.7 Å². The number of amides is 2. The van der Waals surface area contributed by atoms with Gasteiger partial charge in [-0.3, -0.25) is 4.79 Å². The van der Waals surface area contributed by atoms with Gasteiger partial charge in [0.2, 0.25) is 5.91 Å². The summed E-state index contributed by atoms with van der Waals surface area (Å²) in [5, 5.41) is 5.70. The van der Waals surface area contributed by atoms with Crippen LogP contribution in [0, 0.1) is 5.82 Å². The first-order chi connectivity index (χ1) is 12.8. The number of rotatable bonds is 4. The number of nitrogens with one attached hydrogen (secondary N) is 2. The van der Waals surface area contributed by atoms with Crippen LogP contribution in [-0.2, 0) is 9.53 Å². The molecule has 1 aromatic rings. The summed E-state index contributed by atoms with van der Waals surface area (Å²) < 4.78 is 20.1. The lowest BCUT2D eigenvalue weighted by Crippen LogP contribution is -2.48. The minimum absolute atomic E-state index is 0.0367. The predicted molar refractivity (Wildman–Crippen MR) is 103 cm³/mol. The second-order valence-electron chi connectivity index (χ2n) is 6.71. The summed E-state index contributed by atoms with van der Waals surface area (Å²) in [6.07, 6.45) is -0.964. The number of halogens is 1. The van der Waals surface area contributed by atoms with Gasteiger partial charge < -0.3 is 25.2 Å². The van der Waals surface area contributed by atoms with Gasteiger partial charge in [0.1, 0.15) is 11.9 Å². The Kier molecular flexibility index (Phi) is 5.79. The highest BCUT2D eigenvalue weighted by Gasteiger charge is 2.33. The van der Waals surface area contributed by atoms with Gasteiger partial charge in [-0.25, -0.2) is 9.18 Å². The molecule has 2 aliphatic rings. The molecule has 0 aromatic heterocycles. The maximum Gasteiger partial charge on any atom is 0.407 e. The Labute approximate surface area is 162 Å². The van der Waals surface area contributed by atoms with E-state index in [1.165, 1.54) is 6.07 Å². The fourth-order valence-electron chi connectivity index (χ4n) is 3.44. The van der Waals surface area contributed by atoms with E-state index < -0.39 is 18.2 Å². The first-order valence-corrected chi connectivity index (χ1v) is 9.27. The van der Waals surface area contributed by atoms with Crippen LogP contribution in [0.3, 0.4) is 0 Å². The number of nitrogens with zero attached hydrogens (tertiary/aromatic N) is 2. The van der Waals surface area contributed by atoms with Crippen molar-refractivity contribution in [1.82, 2.24) is 15.5 Å². The number of hydrogen-bond acceptors (Lipinski definition) is 5. The van der Waals surface area contributed by atoms with Crippen LogP contribution in [0.2, 0.25) is 0 Å². The van der Waals surface area contributed by atoms with E-state index in [2.05, 4.69) is 10.6 Å². The number of hydrogen-bond donors (Lipinski definition) is 2. The van der Waals surface area contributed by atoms with Crippen LogP contribution >= 0.6 is 12.2 Å². The number of anilines is 1. The molecule has 2 saturated heterocycles. The van der Waals surface area contributed by atoms with Crippen molar-refractivity contribution in [3.63, 3.8) is 0 Å². The Bertz CT molecular complexity index is 752. The Morgan fingerprint density at radius 3 is 2.56 bits per heavy atom. The Morgan fingerprint density at radius 1 is 1.33 bits per heavy atom. The Balaban J connectivity index is 1.77. The van der Waals surface area contributed by atoms with Gasteiger partial charge in [0.05, 0.1) is 23.3 Å². The minimum atomic E-state index is -0.491. The molecule has 2 atom stereocenters. The molecule has 1 aromatic carbocycles. The van der Waals surface area contributed by atoms with Gasteiger partial charge in [-0.05, 0) is 24.6 Å². The summed E-state index contributed by atoms with van der Waals surface area (Å²) in [6.45, 7) is 5.92. The van der Waals surface area contributed by atoms with Crippen LogP contribution in [0.15, 0.2) is 18.2 Å². The fourth-order valence-corrected chi connectivity index (χ4v) is 3.56. The molecule has 0 spiro atoms. The van der Waals surface area contributed by atoms with E-state index in [-0.39, 0.29) is 11.7 Å². The van der Waals surface area contributed by atoms with Gasteiger partial charge >= 0.3 is 6.09 Å². The van der Waals surface area contributed by atoms with Gasteiger partial charge in [-0.15, -0.1) is 0 Å². The smallest absolute Gasteiger partial charge is 0.407 e. The van der Waals surface area contributed by atoms with Crippen molar-refractivity contribution in [1.29, 1.82) is 0 Å². The third-order valence-corrected chi connectivity index (χ3v) is 4.95. The molecule has 2 N–H and O–H groups in total. The number of cyclic esters (lactones) is 1. The third-order valence-electron chi connectivity index (χ3n) is 4.83. The van der Waals surface area contributed by atoms with Crippen LogP contribution in [0.4, 0.5) is 14.9 Å². The molecular formula is C18H23FN4O3S. The summed E-state index contributed by atoms with van der Waals surface area (Å²) in [7, 11) is 0. The number of alkyl carbamates (subject to hydrolysis) is 1. The third kappa shape index (κ3) is 4.47. The van der Waals surface area contributed by atoms with Crippen molar-refractivity contribution in [2.75, 3.05) is 37.6 Å². The first kappa shape index (κ1) is 19.3. The molecule has 0 radical (unpaired) electrons. The highest BCUT2D eigenvalue weighted by Crippen LogP contribution is 2.28. The second kappa shape index (κ2) is 8.08. The molecular weight excluding hydrogens is 371 g/mol. The maximum atomic E-state index is 14.8. The van der Waals surface area contributed by atoms with Crippen LogP contribution in [0.25, 0.3) is 0 Å². The molecule has 146 valence electrons. The minimum Gasteiger partial charge on any atom is -0.442 e. The normalized spacial score (nSPS) is 20.7.